The Morgan fingerprint density at radius 1 is 0.912 bits per heavy atom. The zero-order valence-electron chi connectivity index (χ0n) is 18.2. The molecule has 1 heterocycles. The lowest BCUT2D eigenvalue weighted by Crippen LogP contribution is -2.53. The molecule has 1 aromatic heterocycles. The van der Waals surface area contributed by atoms with Crippen molar-refractivity contribution < 1.29 is 29.3 Å². The number of aliphatic hydroxyl groups is 1. The average molecular weight is 463 g/mol. The summed E-state index contributed by atoms with van der Waals surface area (Å²) in [5.41, 5.74) is 4.98. The Bertz CT molecular complexity index is 1130. The Morgan fingerprint density at radius 2 is 1.56 bits per heavy atom. The van der Waals surface area contributed by atoms with Gasteiger partial charge in [0.2, 0.25) is 5.91 Å². The second kappa shape index (κ2) is 10.2. The van der Waals surface area contributed by atoms with E-state index in [1.165, 1.54) is 0 Å². The van der Waals surface area contributed by atoms with E-state index in [1.807, 2.05) is 48.5 Å². The highest BCUT2D eigenvalue weighted by Gasteiger charge is 2.30. The molecular weight excluding hydrogens is 438 g/mol. The summed E-state index contributed by atoms with van der Waals surface area (Å²) in [4.78, 5) is 39.5. The molecule has 1 aliphatic carbocycles. The number of aromatic nitrogens is 1. The standard InChI is InChI=1S/C25H25N3O6/c29-13-22(24(31)32)27-23(30)21(12-15-6-5-11-26-15)28-25(33)34-14-20-18-9-3-1-7-16(18)17-8-2-4-10-19(17)20/h1-11,20-22,26,29H,12-14H2,(H,27,30)(H,28,33)(H,31,32)/t21?,22-/m1/s1. The number of rotatable bonds is 9. The molecule has 9 heteroatoms. The summed E-state index contributed by atoms with van der Waals surface area (Å²) < 4.78 is 5.51. The monoisotopic (exact) mass is 463 g/mol. The van der Waals surface area contributed by atoms with Crippen LogP contribution < -0.4 is 10.6 Å². The lowest BCUT2D eigenvalue weighted by atomic mass is 9.98. The van der Waals surface area contributed by atoms with Gasteiger partial charge in [0.05, 0.1) is 6.61 Å². The second-order valence-electron chi connectivity index (χ2n) is 8.00. The Morgan fingerprint density at radius 3 is 2.12 bits per heavy atom. The number of hydrogen-bond acceptors (Lipinski definition) is 5. The number of fused-ring (bicyclic) bond motifs is 3. The zero-order chi connectivity index (χ0) is 24.1. The van der Waals surface area contributed by atoms with Gasteiger partial charge in [0.25, 0.3) is 0 Å². The number of ether oxygens (including phenoxy) is 1. The van der Waals surface area contributed by atoms with Crippen molar-refractivity contribution in [3.63, 3.8) is 0 Å². The summed E-state index contributed by atoms with van der Waals surface area (Å²) >= 11 is 0. The van der Waals surface area contributed by atoms with Crippen LogP contribution in [0.4, 0.5) is 4.79 Å². The van der Waals surface area contributed by atoms with E-state index in [2.05, 4.69) is 15.6 Å². The highest BCUT2D eigenvalue weighted by atomic mass is 16.5. The number of alkyl carbamates (subject to hydrolysis) is 1. The van der Waals surface area contributed by atoms with Crippen molar-refractivity contribution in [1.29, 1.82) is 0 Å². The number of benzene rings is 2. The van der Waals surface area contributed by atoms with Crippen LogP contribution in [-0.4, -0.2) is 58.5 Å². The predicted molar refractivity (Wildman–Crippen MR) is 123 cm³/mol. The maximum atomic E-state index is 12.7. The molecule has 0 bridgehead atoms. The average Bonchev–Trinajstić information content (AvgIpc) is 3.46. The van der Waals surface area contributed by atoms with Crippen LogP contribution in [0.3, 0.4) is 0 Å². The Hall–Kier alpha value is -4.11. The number of aliphatic hydroxyl groups excluding tert-OH is 1. The van der Waals surface area contributed by atoms with E-state index in [-0.39, 0.29) is 18.9 Å². The van der Waals surface area contributed by atoms with Crippen LogP contribution in [0, 0.1) is 0 Å². The zero-order valence-corrected chi connectivity index (χ0v) is 18.2. The van der Waals surface area contributed by atoms with Crippen LogP contribution in [-0.2, 0) is 20.7 Å². The minimum Gasteiger partial charge on any atom is -0.480 e. The number of amides is 2. The van der Waals surface area contributed by atoms with Gasteiger partial charge in [-0.3, -0.25) is 4.79 Å². The fraction of sp³-hybridized carbons (Fsp3) is 0.240. The lowest BCUT2D eigenvalue weighted by Gasteiger charge is -2.21. The molecule has 176 valence electrons. The number of aliphatic carboxylic acids is 1. The number of nitrogens with one attached hydrogen (secondary N) is 3. The van der Waals surface area contributed by atoms with E-state index in [9.17, 15) is 19.5 Å². The molecule has 0 saturated carbocycles. The van der Waals surface area contributed by atoms with Crippen molar-refractivity contribution in [2.24, 2.45) is 0 Å². The third-order valence-electron chi connectivity index (χ3n) is 5.84. The number of H-pyrrole nitrogens is 1. The van der Waals surface area contributed by atoms with Crippen LogP contribution in [0.2, 0.25) is 0 Å². The lowest BCUT2D eigenvalue weighted by molar-refractivity contribution is -0.143. The third-order valence-corrected chi connectivity index (χ3v) is 5.84. The van der Waals surface area contributed by atoms with Gasteiger partial charge in [-0.1, -0.05) is 48.5 Å². The Balaban J connectivity index is 1.45. The number of carbonyl (C=O) groups is 3. The number of carbonyl (C=O) groups excluding carboxylic acids is 2. The normalized spacial score (nSPS) is 13.9. The van der Waals surface area contributed by atoms with Crippen molar-refractivity contribution in [1.82, 2.24) is 15.6 Å². The third kappa shape index (κ3) is 4.94. The molecule has 2 atom stereocenters. The molecule has 0 radical (unpaired) electrons. The smallest absolute Gasteiger partial charge is 0.407 e. The quantitative estimate of drug-likeness (QED) is 0.329. The van der Waals surface area contributed by atoms with Gasteiger partial charge in [0.15, 0.2) is 0 Å². The molecule has 4 rings (SSSR count). The van der Waals surface area contributed by atoms with E-state index < -0.39 is 36.7 Å². The molecule has 2 amide bonds. The van der Waals surface area contributed by atoms with Crippen LogP contribution in [0.25, 0.3) is 11.1 Å². The van der Waals surface area contributed by atoms with Crippen LogP contribution in [0.5, 0.6) is 0 Å². The minimum atomic E-state index is -1.48. The Kier molecular flexibility index (Phi) is 6.93. The van der Waals surface area contributed by atoms with Gasteiger partial charge in [-0.25, -0.2) is 9.59 Å². The van der Waals surface area contributed by atoms with Crippen molar-refractivity contribution in [3.8, 4) is 11.1 Å². The summed E-state index contributed by atoms with van der Waals surface area (Å²) in [5, 5.41) is 23.1. The number of hydrogen-bond donors (Lipinski definition) is 5. The topological polar surface area (TPSA) is 141 Å². The fourth-order valence-corrected chi connectivity index (χ4v) is 4.16. The molecule has 9 nitrogen and oxygen atoms in total. The van der Waals surface area contributed by atoms with Gasteiger partial charge in [-0.05, 0) is 34.4 Å². The maximum Gasteiger partial charge on any atom is 0.407 e. The predicted octanol–water partition coefficient (Wildman–Crippen LogP) is 2.03. The van der Waals surface area contributed by atoms with Crippen LogP contribution in [0.1, 0.15) is 22.7 Å². The van der Waals surface area contributed by atoms with E-state index in [0.29, 0.717) is 5.69 Å². The summed E-state index contributed by atoms with van der Waals surface area (Å²) in [6.45, 7) is -0.702. The fourth-order valence-electron chi connectivity index (χ4n) is 4.16. The number of carboxylic acid groups (broad SMARTS) is 1. The Labute approximate surface area is 195 Å². The maximum absolute atomic E-state index is 12.7. The highest BCUT2D eigenvalue weighted by molar-refractivity contribution is 5.89. The van der Waals surface area contributed by atoms with Crippen molar-refractivity contribution in [2.45, 2.75) is 24.4 Å². The first kappa shape index (κ1) is 23.1. The molecule has 0 saturated heterocycles. The van der Waals surface area contributed by atoms with Gasteiger partial charge >= 0.3 is 12.1 Å². The highest BCUT2D eigenvalue weighted by Crippen LogP contribution is 2.44. The van der Waals surface area contributed by atoms with E-state index in [0.717, 1.165) is 22.3 Å². The van der Waals surface area contributed by atoms with Gasteiger partial charge in [-0.2, -0.15) is 0 Å². The molecule has 0 spiro atoms. The van der Waals surface area contributed by atoms with E-state index in [1.54, 1.807) is 18.3 Å². The first-order valence-corrected chi connectivity index (χ1v) is 10.9. The summed E-state index contributed by atoms with van der Waals surface area (Å²) in [5.74, 6) is -2.26. The summed E-state index contributed by atoms with van der Waals surface area (Å²) in [6.07, 6.45) is 0.955. The largest absolute Gasteiger partial charge is 0.480 e. The minimum absolute atomic E-state index is 0.0745. The summed E-state index contributed by atoms with van der Waals surface area (Å²) in [7, 11) is 0. The van der Waals surface area contributed by atoms with Crippen molar-refractivity contribution in [3.05, 3.63) is 83.7 Å². The van der Waals surface area contributed by atoms with Gasteiger partial charge in [0.1, 0.15) is 18.7 Å². The molecule has 0 fully saturated rings. The number of carboxylic acids is 1. The van der Waals surface area contributed by atoms with Crippen LogP contribution in [0.15, 0.2) is 66.9 Å². The molecule has 2 aromatic carbocycles. The van der Waals surface area contributed by atoms with Gasteiger partial charge < -0.3 is 30.6 Å². The molecule has 34 heavy (non-hydrogen) atoms. The van der Waals surface area contributed by atoms with Crippen LogP contribution >= 0.6 is 0 Å². The van der Waals surface area contributed by atoms with Gasteiger partial charge in [0, 0.05) is 24.2 Å². The van der Waals surface area contributed by atoms with E-state index >= 15 is 0 Å². The second-order valence-corrected chi connectivity index (χ2v) is 8.00. The molecular formula is C25H25N3O6. The molecule has 1 unspecified atom stereocenters. The SMILES string of the molecule is O=C(NC(Cc1ccc[nH]1)C(=O)N[C@H](CO)C(=O)O)OCC1c2ccccc2-c2ccccc21. The van der Waals surface area contributed by atoms with Gasteiger partial charge in [-0.15, -0.1) is 0 Å². The molecule has 1 aliphatic rings. The van der Waals surface area contributed by atoms with Crippen molar-refractivity contribution in [2.75, 3.05) is 13.2 Å². The van der Waals surface area contributed by atoms with E-state index in [4.69, 9.17) is 9.84 Å². The molecule has 5 N–H and O–H groups in total. The first-order chi connectivity index (χ1) is 16.5. The first-order valence-electron chi connectivity index (χ1n) is 10.9. The van der Waals surface area contributed by atoms with Crippen molar-refractivity contribution >= 4 is 18.0 Å². The summed E-state index contributed by atoms with van der Waals surface area (Å²) in [6, 6.07) is 16.8. The molecule has 3 aromatic rings. The molecule has 0 aliphatic heterocycles. The number of aromatic amines is 1.